The number of amides is 1. The van der Waals surface area contributed by atoms with Gasteiger partial charge in [-0.3, -0.25) is 4.79 Å². The molecule has 0 radical (unpaired) electrons. The molecule has 0 aromatic rings. The highest BCUT2D eigenvalue weighted by Gasteiger charge is 2.58. The first-order chi connectivity index (χ1) is 10.5. The summed E-state index contributed by atoms with van der Waals surface area (Å²) in [5.74, 6) is 8.00. The molecule has 22 heavy (non-hydrogen) atoms. The van der Waals surface area contributed by atoms with Gasteiger partial charge in [0, 0.05) is 28.7 Å². The third-order valence-corrected chi connectivity index (χ3v) is 7.51. The molecule has 4 aliphatic rings. The molecule has 1 saturated heterocycles. The Morgan fingerprint density at radius 2 is 1.95 bits per heavy atom. The highest BCUT2D eigenvalue weighted by Crippen LogP contribution is 2.62. The smallest absolute Gasteiger partial charge is 0.224 e. The summed E-state index contributed by atoms with van der Waals surface area (Å²) in [5, 5.41) is 7.29. The number of fused-ring (bicyclic) bond motifs is 5. The number of hydrogen-bond donors (Lipinski definition) is 2. The summed E-state index contributed by atoms with van der Waals surface area (Å²) >= 11 is 0. The van der Waals surface area contributed by atoms with Crippen LogP contribution in [0.2, 0.25) is 0 Å². The van der Waals surface area contributed by atoms with Crippen LogP contribution in [0.25, 0.3) is 0 Å². The van der Waals surface area contributed by atoms with Crippen molar-refractivity contribution in [1.29, 1.82) is 0 Å². The van der Waals surface area contributed by atoms with Crippen molar-refractivity contribution in [2.24, 2.45) is 39.5 Å². The third kappa shape index (κ3) is 1.70. The van der Waals surface area contributed by atoms with E-state index in [2.05, 4.69) is 30.3 Å². The number of nitrogens with one attached hydrogen (secondary N) is 1. The van der Waals surface area contributed by atoms with Gasteiger partial charge in [-0.2, -0.15) is 5.10 Å². The first-order valence-corrected chi connectivity index (χ1v) is 8.77. The van der Waals surface area contributed by atoms with E-state index in [1.807, 2.05) is 0 Å². The lowest BCUT2D eigenvalue weighted by Crippen LogP contribution is -2.53. The molecule has 120 valence electrons. The highest BCUT2D eigenvalue weighted by atomic mass is 16.1. The van der Waals surface area contributed by atoms with Crippen molar-refractivity contribution in [1.82, 2.24) is 5.32 Å². The minimum absolute atomic E-state index is 0.167. The Morgan fingerprint density at radius 1 is 1.18 bits per heavy atom. The average Bonchev–Trinajstić information content (AvgIpc) is 2.84. The predicted molar refractivity (Wildman–Crippen MR) is 86.9 cm³/mol. The molecular formula is C18H27N3O. The molecule has 3 fully saturated rings. The summed E-state index contributed by atoms with van der Waals surface area (Å²) in [6, 6.07) is 0. The minimum atomic E-state index is 0.167. The number of hydrazone groups is 1. The molecule has 5 unspecified atom stereocenters. The maximum absolute atomic E-state index is 11.8. The van der Waals surface area contributed by atoms with E-state index in [0.29, 0.717) is 18.3 Å². The number of nitrogens with two attached hydrogens (primary N) is 1. The SMILES string of the molecule is CC12CCC(=O)NC1=CCC1C2CCC2(C)C(=NN)CCC12. The molecule has 2 saturated carbocycles. The van der Waals surface area contributed by atoms with Crippen molar-refractivity contribution in [3.63, 3.8) is 0 Å². The Bertz CT molecular complexity index is 581. The molecule has 4 heteroatoms. The number of rotatable bonds is 0. The van der Waals surface area contributed by atoms with E-state index >= 15 is 0 Å². The molecule has 3 aliphatic carbocycles. The van der Waals surface area contributed by atoms with E-state index in [9.17, 15) is 4.79 Å². The number of carbonyl (C=O) groups is 1. The second kappa shape index (κ2) is 4.59. The summed E-state index contributed by atoms with van der Waals surface area (Å²) in [5.41, 5.74) is 2.84. The molecule has 0 spiro atoms. The van der Waals surface area contributed by atoms with E-state index in [1.165, 1.54) is 30.7 Å². The zero-order chi connectivity index (χ0) is 15.5. The molecule has 0 aromatic carbocycles. The van der Waals surface area contributed by atoms with Gasteiger partial charge in [-0.1, -0.05) is 19.9 Å². The van der Waals surface area contributed by atoms with Gasteiger partial charge in [0.1, 0.15) is 0 Å². The maximum atomic E-state index is 11.8. The van der Waals surface area contributed by atoms with Crippen molar-refractivity contribution in [2.75, 3.05) is 0 Å². The number of allylic oxidation sites excluding steroid dienone is 2. The average molecular weight is 301 g/mol. The second-order valence-electron chi connectivity index (χ2n) is 8.27. The molecule has 3 N–H and O–H groups in total. The van der Waals surface area contributed by atoms with Crippen LogP contribution in [0.5, 0.6) is 0 Å². The van der Waals surface area contributed by atoms with E-state index < -0.39 is 0 Å². The predicted octanol–water partition coefficient (Wildman–Crippen LogP) is 2.95. The Morgan fingerprint density at radius 3 is 2.73 bits per heavy atom. The van der Waals surface area contributed by atoms with Gasteiger partial charge in [0.2, 0.25) is 5.91 Å². The van der Waals surface area contributed by atoms with E-state index in [1.54, 1.807) is 0 Å². The maximum Gasteiger partial charge on any atom is 0.224 e. The zero-order valence-corrected chi connectivity index (χ0v) is 13.7. The van der Waals surface area contributed by atoms with E-state index in [4.69, 9.17) is 5.84 Å². The number of nitrogens with zero attached hydrogens (tertiary/aromatic N) is 1. The summed E-state index contributed by atoms with van der Waals surface area (Å²) in [6.07, 6.45) is 9.85. The zero-order valence-electron chi connectivity index (χ0n) is 13.7. The lowest BCUT2D eigenvalue weighted by atomic mass is 9.50. The van der Waals surface area contributed by atoms with Crippen molar-refractivity contribution in [3.05, 3.63) is 11.8 Å². The van der Waals surface area contributed by atoms with Crippen LogP contribution in [0.3, 0.4) is 0 Å². The van der Waals surface area contributed by atoms with Crippen LogP contribution in [0, 0.1) is 28.6 Å². The third-order valence-electron chi connectivity index (χ3n) is 7.51. The van der Waals surface area contributed by atoms with Crippen molar-refractivity contribution in [2.45, 2.75) is 58.8 Å². The van der Waals surface area contributed by atoms with Crippen molar-refractivity contribution in [3.8, 4) is 0 Å². The monoisotopic (exact) mass is 301 g/mol. The van der Waals surface area contributed by atoms with Crippen LogP contribution in [0.1, 0.15) is 58.8 Å². The van der Waals surface area contributed by atoms with Gasteiger partial charge in [-0.15, -0.1) is 0 Å². The molecule has 1 aliphatic heterocycles. The lowest BCUT2D eigenvalue weighted by molar-refractivity contribution is -0.124. The van der Waals surface area contributed by atoms with Gasteiger partial charge in [0.05, 0.1) is 0 Å². The number of piperidine rings is 1. The van der Waals surface area contributed by atoms with Crippen LogP contribution in [-0.4, -0.2) is 11.6 Å². The molecule has 4 rings (SSSR count). The van der Waals surface area contributed by atoms with E-state index in [-0.39, 0.29) is 16.7 Å². The molecule has 5 atom stereocenters. The molecule has 4 nitrogen and oxygen atoms in total. The molecular weight excluding hydrogens is 274 g/mol. The van der Waals surface area contributed by atoms with Gasteiger partial charge in [-0.25, -0.2) is 0 Å². The Kier molecular flexibility index (Phi) is 2.98. The fourth-order valence-corrected chi connectivity index (χ4v) is 6.19. The topological polar surface area (TPSA) is 67.5 Å². The van der Waals surface area contributed by atoms with Crippen LogP contribution in [0.15, 0.2) is 16.9 Å². The molecule has 0 aromatic heterocycles. The lowest BCUT2D eigenvalue weighted by Gasteiger charge is -2.56. The highest BCUT2D eigenvalue weighted by molar-refractivity contribution is 5.92. The summed E-state index contributed by atoms with van der Waals surface area (Å²) in [4.78, 5) is 11.8. The van der Waals surface area contributed by atoms with Crippen molar-refractivity contribution < 1.29 is 4.79 Å². The molecule has 1 amide bonds. The fourth-order valence-electron chi connectivity index (χ4n) is 6.19. The Hall–Kier alpha value is -1.32. The van der Waals surface area contributed by atoms with E-state index in [0.717, 1.165) is 25.2 Å². The Balaban J connectivity index is 1.70. The molecule has 0 bridgehead atoms. The van der Waals surface area contributed by atoms with Gasteiger partial charge < -0.3 is 11.2 Å². The fraction of sp³-hybridized carbons (Fsp3) is 0.778. The molecule has 1 heterocycles. The van der Waals surface area contributed by atoms with Crippen LogP contribution in [-0.2, 0) is 4.79 Å². The van der Waals surface area contributed by atoms with Crippen LogP contribution < -0.4 is 11.2 Å². The first kappa shape index (κ1) is 14.3. The quantitative estimate of drug-likeness (QED) is 0.533. The van der Waals surface area contributed by atoms with Crippen molar-refractivity contribution >= 4 is 11.6 Å². The Labute approximate surface area is 132 Å². The number of carbonyl (C=O) groups excluding carboxylic acids is 1. The van der Waals surface area contributed by atoms with Gasteiger partial charge in [0.15, 0.2) is 0 Å². The van der Waals surface area contributed by atoms with Gasteiger partial charge in [-0.05, 0) is 56.3 Å². The number of hydrogen-bond acceptors (Lipinski definition) is 3. The largest absolute Gasteiger partial charge is 0.330 e. The van der Waals surface area contributed by atoms with Crippen LogP contribution in [0.4, 0.5) is 0 Å². The van der Waals surface area contributed by atoms with Gasteiger partial charge in [0.25, 0.3) is 0 Å². The summed E-state index contributed by atoms with van der Waals surface area (Å²) in [7, 11) is 0. The summed E-state index contributed by atoms with van der Waals surface area (Å²) in [6.45, 7) is 4.77. The van der Waals surface area contributed by atoms with Crippen LogP contribution >= 0.6 is 0 Å². The second-order valence-corrected chi connectivity index (χ2v) is 8.27. The minimum Gasteiger partial charge on any atom is -0.330 e. The normalized spacial score (nSPS) is 49.0. The standard InChI is InChI=1S/C18H27N3O/c1-17-10-8-16(22)20-14(17)5-3-11-12-4-6-15(21-19)18(12,2)9-7-13(11)17/h5,11-13H,3-4,6-10,19H2,1-2H3,(H,20,22). The van der Waals surface area contributed by atoms with Gasteiger partial charge >= 0.3 is 0 Å². The first-order valence-electron chi connectivity index (χ1n) is 8.77. The summed E-state index contributed by atoms with van der Waals surface area (Å²) < 4.78 is 0.